The van der Waals surface area contributed by atoms with Gasteiger partial charge in [0.2, 0.25) is 0 Å². The van der Waals surface area contributed by atoms with Gasteiger partial charge in [0.1, 0.15) is 5.82 Å². The van der Waals surface area contributed by atoms with Crippen molar-refractivity contribution in [1.29, 1.82) is 0 Å². The number of nitrogens with one attached hydrogen (secondary N) is 1. The lowest BCUT2D eigenvalue weighted by atomic mass is 10.2. The number of benzene rings is 1. The first kappa shape index (κ1) is 15.9. The molecule has 0 saturated heterocycles. The van der Waals surface area contributed by atoms with Crippen molar-refractivity contribution in [3.05, 3.63) is 58.6 Å². The van der Waals surface area contributed by atoms with Crippen molar-refractivity contribution >= 4 is 11.7 Å². The van der Waals surface area contributed by atoms with Gasteiger partial charge in [0.05, 0.1) is 12.6 Å². The van der Waals surface area contributed by atoms with E-state index in [-0.39, 0.29) is 31.4 Å². The van der Waals surface area contributed by atoms with E-state index in [2.05, 4.69) is 10.3 Å². The van der Waals surface area contributed by atoms with Crippen LogP contribution in [0.5, 0.6) is 0 Å². The Morgan fingerprint density at radius 3 is 2.55 bits per heavy atom. The Labute approximate surface area is 126 Å². The van der Waals surface area contributed by atoms with Crippen LogP contribution in [0.3, 0.4) is 0 Å². The van der Waals surface area contributed by atoms with Gasteiger partial charge in [0.25, 0.3) is 5.91 Å². The van der Waals surface area contributed by atoms with Gasteiger partial charge in [-0.2, -0.15) is 4.98 Å². The second kappa shape index (κ2) is 7.48. The molecule has 1 unspecified atom stereocenters. The van der Waals surface area contributed by atoms with E-state index in [1.54, 1.807) is 30.3 Å². The van der Waals surface area contributed by atoms with E-state index in [4.69, 9.17) is 5.11 Å². The highest BCUT2D eigenvalue weighted by Crippen LogP contribution is 2.09. The molecule has 0 aliphatic rings. The molecular weight excluding hydrogens is 286 g/mol. The summed E-state index contributed by atoms with van der Waals surface area (Å²) < 4.78 is 1.23. The van der Waals surface area contributed by atoms with Gasteiger partial charge in [0, 0.05) is 18.4 Å². The number of aromatic nitrogens is 2. The quantitative estimate of drug-likeness (QED) is 0.717. The molecule has 2 rings (SSSR count). The Hall–Kier alpha value is -2.51. The van der Waals surface area contributed by atoms with E-state index < -0.39 is 11.7 Å². The van der Waals surface area contributed by atoms with Gasteiger partial charge in [-0.15, -0.1) is 0 Å². The molecule has 0 spiro atoms. The summed E-state index contributed by atoms with van der Waals surface area (Å²) in [6.07, 6.45) is 1.68. The average Bonchev–Trinajstić information content (AvgIpc) is 2.54. The van der Waals surface area contributed by atoms with Crippen LogP contribution in [0.15, 0.2) is 47.4 Å². The predicted molar refractivity (Wildman–Crippen MR) is 80.7 cm³/mol. The molecule has 1 heterocycles. The molecule has 116 valence electrons. The molecular formula is C15H17N3O4. The van der Waals surface area contributed by atoms with Crippen LogP contribution in [0.4, 0.5) is 5.82 Å². The third kappa shape index (κ3) is 3.78. The number of hydrogen-bond acceptors (Lipinski definition) is 5. The van der Waals surface area contributed by atoms with Gasteiger partial charge in [-0.05, 0) is 24.6 Å². The van der Waals surface area contributed by atoms with Gasteiger partial charge < -0.3 is 15.5 Å². The number of anilines is 1. The maximum atomic E-state index is 12.0. The lowest BCUT2D eigenvalue weighted by molar-refractivity contribution is 0.102. The Balaban J connectivity index is 2.16. The van der Waals surface area contributed by atoms with E-state index in [0.29, 0.717) is 5.56 Å². The molecule has 0 bridgehead atoms. The summed E-state index contributed by atoms with van der Waals surface area (Å²) in [6.45, 7) is -0.429. The molecule has 0 aliphatic heterocycles. The second-order valence-electron chi connectivity index (χ2n) is 4.67. The lowest BCUT2D eigenvalue weighted by Gasteiger charge is -2.15. The van der Waals surface area contributed by atoms with E-state index >= 15 is 0 Å². The Morgan fingerprint density at radius 2 is 1.95 bits per heavy atom. The van der Waals surface area contributed by atoms with E-state index in [1.165, 1.54) is 16.8 Å². The minimum absolute atomic E-state index is 0.135. The maximum Gasteiger partial charge on any atom is 0.349 e. The van der Waals surface area contributed by atoms with Crippen molar-refractivity contribution < 1.29 is 15.0 Å². The maximum absolute atomic E-state index is 12.0. The minimum Gasteiger partial charge on any atom is -0.396 e. The fourth-order valence-electron chi connectivity index (χ4n) is 2.01. The van der Waals surface area contributed by atoms with Gasteiger partial charge in [-0.25, -0.2) is 4.79 Å². The van der Waals surface area contributed by atoms with Crippen LogP contribution in [-0.4, -0.2) is 38.9 Å². The fourth-order valence-corrected chi connectivity index (χ4v) is 2.01. The Bertz CT molecular complexity index is 685. The number of aliphatic hydroxyl groups excluding tert-OH is 2. The van der Waals surface area contributed by atoms with Crippen molar-refractivity contribution in [3.63, 3.8) is 0 Å². The Kier molecular flexibility index (Phi) is 5.40. The average molecular weight is 303 g/mol. The summed E-state index contributed by atoms with van der Waals surface area (Å²) in [4.78, 5) is 27.7. The van der Waals surface area contributed by atoms with Crippen LogP contribution in [-0.2, 0) is 0 Å². The first-order valence-electron chi connectivity index (χ1n) is 6.83. The molecule has 3 N–H and O–H groups in total. The molecule has 22 heavy (non-hydrogen) atoms. The van der Waals surface area contributed by atoms with Crippen LogP contribution in [0, 0.1) is 0 Å². The standard InChI is InChI=1S/C15H17N3O4/c19-9-7-12(10-20)18-8-6-13(17-15(18)22)16-14(21)11-4-2-1-3-5-11/h1-6,8,12,19-20H,7,9-10H2,(H,16,17,21,22). The van der Waals surface area contributed by atoms with E-state index in [0.717, 1.165) is 0 Å². The number of hydrogen-bond donors (Lipinski definition) is 3. The topological polar surface area (TPSA) is 104 Å². The van der Waals surface area contributed by atoms with Crippen molar-refractivity contribution in [2.45, 2.75) is 12.5 Å². The molecule has 1 atom stereocenters. The molecule has 7 heteroatoms. The zero-order chi connectivity index (χ0) is 15.9. The summed E-state index contributed by atoms with van der Waals surface area (Å²) in [5, 5.41) is 20.7. The van der Waals surface area contributed by atoms with Crippen LogP contribution >= 0.6 is 0 Å². The molecule has 0 saturated carbocycles. The largest absolute Gasteiger partial charge is 0.396 e. The normalized spacial score (nSPS) is 11.9. The molecule has 1 aromatic carbocycles. The van der Waals surface area contributed by atoms with Crippen LogP contribution in [0.1, 0.15) is 22.8 Å². The van der Waals surface area contributed by atoms with Gasteiger partial charge >= 0.3 is 5.69 Å². The van der Waals surface area contributed by atoms with Crippen molar-refractivity contribution in [2.75, 3.05) is 18.5 Å². The van der Waals surface area contributed by atoms with Gasteiger partial charge in [-0.1, -0.05) is 18.2 Å². The predicted octanol–water partition coefficient (Wildman–Crippen LogP) is 0.411. The zero-order valence-corrected chi connectivity index (χ0v) is 11.8. The van der Waals surface area contributed by atoms with Gasteiger partial charge in [0.15, 0.2) is 0 Å². The van der Waals surface area contributed by atoms with E-state index in [9.17, 15) is 14.7 Å². The van der Waals surface area contributed by atoms with Crippen molar-refractivity contribution in [1.82, 2.24) is 9.55 Å². The summed E-state index contributed by atoms with van der Waals surface area (Å²) >= 11 is 0. The zero-order valence-electron chi connectivity index (χ0n) is 11.8. The number of nitrogens with zero attached hydrogens (tertiary/aromatic N) is 2. The van der Waals surface area contributed by atoms with Crippen molar-refractivity contribution in [2.24, 2.45) is 0 Å². The minimum atomic E-state index is -0.599. The molecule has 7 nitrogen and oxygen atoms in total. The highest BCUT2D eigenvalue weighted by molar-refractivity contribution is 6.03. The highest BCUT2D eigenvalue weighted by atomic mass is 16.3. The van der Waals surface area contributed by atoms with Crippen LogP contribution in [0.2, 0.25) is 0 Å². The Morgan fingerprint density at radius 1 is 1.23 bits per heavy atom. The molecule has 2 aromatic rings. The number of carbonyl (C=O) groups excluding carboxylic acids is 1. The third-order valence-corrected chi connectivity index (χ3v) is 3.17. The SMILES string of the molecule is O=C(Nc1ccn(C(CO)CCO)c(=O)n1)c1ccccc1. The number of aliphatic hydroxyl groups is 2. The lowest BCUT2D eigenvalue weighted by Crippen LogP contribution is -2.30. The first-order chi connectivity index (χ1) is 10.7. The van der Waals surface area contributed by atoms with Crippen LogP contribution in [0.25, 0.3) is 0 Å². The van der Waals surface area contributed by atoms with Crippen molar-refractivity contribution in [3.8, 4) is 0 Å². The highest BCUT2D eigenvalue weighted by Gasteiger charge is 2.13. The number of amides is 1. The summed E-state index contributed by atoms with van der Waals surface area (Å²) in [7, 11) is 0. The molecule has 1 amide bonds. The molecule has 0 radical (unpaired) electrons. The molecule has 1 aromatic heterocycles. The summed E-state index contributed by atoms with van der Waals surface area (Å²) in [6, 6.07) is 9.51. The third-order valence-electron chi connectivity index (χ3n) is 3.17. The first-order valence-corrected chi connectivity index (χ1v) is 6.83. The number of rotatable bonds is 6. The van der Waals surface area contributed by atoms with Gasteiger partial charge in [-0.3, -0.25) is 9.36 Å². The monoisotopic (exact) mass is 303 g/mol. The fraction of sp³-hybridized carbons (Fsp3) is 0.267. The molecule has 0 fully saturated rings. The summed E-state index contributed by atoms with van der Waals surface area (Å²) in [5.74, 6) is -0.227. The smallest absolute Gasteiger partial charge is 0.349 e. The van der Waals surface area contributed by atoms with Crippen LogP contribution < -0.4 is 11.0 Å². The summed E-state index contributed by atoms with van der Waals surface area (Å²) in [5.41, 5.74) is -0.139. The van der Waals surface area contributed by atoms with E-state index in [1.807, 2.05) is 0 Å². The second-order valence-corrected chi connectivity index (χ2v) is 4.67. The molecule has 0 aliphatic carbocycles. The number of carbonyl (C=O) groups is 1.